The van der Waals surface area contributed by atoms with E-state index >= 15 is 0 Å². The van der Waals surface area contributed by atoms with E-state index in [-0.39, 0.29) is 42.2 Å². The molecule has 1 amide bonds. The van der Waals surface area contributed by atoms with E-state index in [0.29, 0.717) is 6.54 Å². The van der Waals surface area contributed by atoms with Crippen molar-refractivity contribution in [3.8, 4) is 0 Å². The number of rotatable bonds is 5. The van der Waals surface area contributed by atoms with Crippen LogP contribution in [0.3, 0.4) is 0 Å². The molecule has 3 rings (SSSR count). The maximum Gasteiger partial charge on any atom is 0.408 e. The average Bonchev–Trinajstić information content (AvgIpc) is 2.71. The fourth-order valence-corrected chi connectivity index (χ4v) is 3.55. The highest BCUT2D eigenvalue weighted by Gasteiger charge is 2.48. The second-order valence-electron chi connectivity index (χ2n) is 6.81. The second kappa shape index (κ2) is 8.86. The number of nitrogens with one attached hydrogen (secondary N) is 2. The Morgan fingerprint density at radius 2 is 1.97 bits per heavy atom. The van der Waals surface area contributed by atoms with Crippen molar-refractivity contribution in [1.82, 2.24) is 15.3 Å². The van der Waals surface area contributed by atoms with E-state index in [4.69, 9.17) is 11.6 Å². The smallest absolute Gasteiger partial charge is 0.357 e. The number of hydrogen-bond acceptors (Lipinski definition) is 5. The van der Waals surface area contributed by atoms with Crippen molar-refractivity contribution in [3.63, 3.8) is 0 Å². The van der Waals surface area contributed by atoms with Gasteiger partial charge in [-0.05, 0) is 18.4 Å². The number of piperidine rings is 1. The molecule has 0 spiro atoms. The third-order valence-electron chi connectivity index (χ3n) is 4.84. The molecule has 0 aliphatic carbocycles. The molecule has 0 unspecified atom stereocenters. The number of benzene rings is 1. The molecule has 2 N–H and O–H groups in total. The normalized spacial score (nSPS) is 19.7. The van der Waals surface area contributed by atoms with Crippen LogP contribution in [0.15, 0.2) is 36.4 Å². The summed E-state index contributed by atoms with van der Waals surface area (Å²) in [6, 6.07) is 8.87. The summed E-state index contributed by atoms with van der Waals surface area (Å²) in [6.45, 7) is 0.212. The first kappa shape index (κ1) is 21.2. The number of alkyl halides is 3. The molecular weight excluding hydrogens is 407 g/mol. The molecule has 10 heteroatoms. The Kier molecular flexibility index (Phi) is 6.46. The summed E-state index contributed by atoms with van der Waals surface area (Å²) in [7, 11) is 1.55. The molecule has 2 atom stereocenters. The van der Waals surface area contributed by atoms with Crippen LogP contribution in [0.25, 0.3) is 0 Å². The number of nitrogens with zero attached hydrogens (tertiary/aromatic N) is 3. The number of carbonyl (C=O) groups excluding carboxylic acids is 1. The lowest BCUT2D eigenvalue weighted by atomic mass is 9.91. The molecular formula is C19H21ClF3N5O. The fourth-order valence-electron chi connectivity index (χ4n) is 3.37. The molecule has 1 aromatic carbocycles. The Balaban J connectivity index is 1.78. The summed E-state index contributed by atoms with van der Waals surface area (Å²) in [5.74, 6) is -0.723. The van der Waals surface area contributed by atoms with Crippen LogP contribution in [0.5, 0.6) is 0 Å². The van der Waals surface area contributed by atoms with Crippen LogP contribution in [-0.4, -0.2) is 41.7 Å². The monoisotopic (exact) mass is 427 g/mol. The van der Waals surface area contributed by atoms with E-state index in [1.165, 1.54) is 6.07 Å². The lowest BCUT2D eigenvalue weighted by Gasteiger charge is -2.40. The van der Waals surface area contributed by atoms with Gasteiger partial charge in [0.1, 0.15) is 17.0 Å². The second-order valence-corrected chi connectivity index (χ2v) is 7.20. The first-order valence-corrected chi connectivity index (χ1v) is 9.53. The molecule has 1 aliphatic rings. The van der Waals surface area contributed by atoms with Crippen molar-refractivity contribution in [3.05, 3.63) is 47.1 Å². The summed E-state index contributed by atoms with van der Waals surface area (Å²) < 4.78 is 40.9. The first-order valence-electron chi connectivity index (χ1n) is 9.15. The molecule has 6 nitrogen and oxygen atoms in total. The van der Waals surface area contributed by atoms with Crippen molar-refractivity contribution >= 4 is 29.3 Å². The van der Waals surface area contributed by atoms with Crippen LogP contribution in [0, 0.1) is 5.92 Å². The van der Waals surface area contributed by atoms with Gasteiger partial charge in [0.25, 0.3) is 0 Å². The van der Waals surface area contributed by atoms with Gasteiger partial charge >= 0.3 is 6.18 Å². The zero-order chi connectivity index (χ0) is 21.0. The molecule has 2 aromatic rings. The third-order valence-corrected chi connectivity index (χ3v) is 5.03. The first-order chi connectivity index (χ1) is 13.8. The summed E-state index contributed by atoms with van der Waals surface area (Å²) >= 11 is 5.95. The van der Waals surface area contributed by atoms with Crippen molar-refractivity contribution in [1.29, 1.82) is 0 Å². The number of anilines is 2. The molecule has 2 heterocycles. The van der Waals surface area contributed by atoms with Gasteiger partial charge in [-0.1, -0.05) is 41.9 Å². The van der Waals surface area contributed by atoms with Crippen LogP contribution in [0.1, 0.15) is 18.4 Å². The Morgan fingerprint density at radius 3 is 2.62 bits per heavy atom. The van der Waals surface area contributed by atoms with Gasteiger partial charge in [-0.3, -0.25) is 4.79 Å². The highest BCUT2D eigenvalue weighted by atomic mass is 35.5. The number of hydrogen-bond donors (Lipinski definition) is 2. The minimum Gasteiger partial charge on any atom is -0.357 e. The molecule has 1 fully saturated rings. The van der Waals surface area contributed by atoms with E-state index < -0.39 is 18.1 Å². The van der Waals surface area contributed by atoms with Crippen molar-refractivity contribution in [2.45, 2.75) is 31.6 Å². The highest BCUT2D eigenvalue weighted by molar-refractivity contribution is 6.29. The van der Waals surface area contributed by atoms with E-state index in [1.807, 2.05) is 30.3 Å². The lowest BCUT2D eigenvalue weighted by Crippen LogP contribution is -2.54. The SMILES string of the molecule is CNc1nc(Cl)cc(N2C[C@H](C(=O)NCc3ccccc3)CC[C@@H]2C(F)(F)F)n1. The Labute approximate surface area is 171 Å². The van der Waals surface area contributed by atoms with Crippen LogP contribution < -0.4 is 15.5 Å². The Morgan fingerprint density at radius 1 is 1.24 bits per heavy atom. The van der Waals surface area contributed by atoms with Gasteiger partial charge in [0.05, 0.1) is 5.92 Å². The van der Waals surface area contributed by atoms with Crippen molar-refractivity contribution in [2.24, 2.45) is 5.92 Å². The van der Waals surface area contributed by atoms with E-state index in [9.17, 15) is 18.0 Å². The standard InChI is InChI=1S/C19H21ClF3N5O/c1-24-18-26-15(20)9-16(27-18)28-11-13(7-8-14(28)19(21,22)23)17(29)25-10-12-5-3-2-4-6-12/h2-6,9,13-14H,7-8,10-11H2,1H3,(H,25,29)(H,24,26,27)/t13-,14-/m1/s1. The molecule has 1 aromatic heterocycles. The van der Waals surface area contributed by atoms with Gasteiger partial charge in [-0.15, -0.1) is 0 Å². The van der Waals surface area contributed by atoms with Crippen LogP contribution in [0.2, 0.25) is 5.15 Å². The van der Waals surface area contributed by atoms with E-state index in [0.717, 1.165) is 10.5 Å². The largest absolute Gasteiger partial charge is 0.408 e. The third kappa shape index (κ3) is 5.29. The molecule has 0 radical (unpaired) electrons. The molecule has 29 heavy (non-hydrogen) atoms. The van der Waals surface area contributed by atoms with Gasteiger partial charge in [0.15, 0.2) is 0 Å². The zero-order valence-corrected chi connectivity index (χ0v) is 16.5. The van der Waals surface area contributed by atoms with Gasteiger partial charge in [0.2, 0.25) is 11.9 Å². The number of carbonyl (C=O) groups is 1. The summed E-state index contributed by atoms with van der Waals surface area (Å²) in [6.07, 6.45) is -4.52. The summed E-state index contributed by atoms with van der Waals surface area (Å²) in [4.78, 5) is 21.7. The van der Waals surface area contributed by atoms with Crippen LogP contribution >= 0.6 is 11.6 Å². The van der Waals surface area contributed by atoms with Gasteiger partial charge in [-0.2, -0.15) is 18.2 Å². The minimum absolute atomic E-state index is 0.0240. The minimum atomic E-state index is -4.46. The molecule has 1 saturated heterocycles. The topological polar surface area (TPSA) is 70.2 Å². The average molecular weight is 428 g/mol. The maximum atomic E-state index is 13.6. The van der Waals surface area contributed by atoms with Gasteiger partial charge in [0, 0.05) is 26.2 Å². The molecule has 1 aliphatic heterocycles. The predicted molar refractivity (Wildman–Crippen MR) is 105 cm³/mol. The Bertz CT molecular complexity index is 849. The lowest BCUT2D eigenvalue weighted by molar-refractivity contribution is -0.156. The number of amides is 1. The Hall–Kier alpha value is -2.55. The highest BCUT2D eigenvalue weighted by Crippen LogP contribution is 2.37. The van der Waals surface area contributed by atoms with Crippen molar-refractivity contribution < 1.29 is 18.0 Å². The van der Waals surface area contributed by atoms with Gasteiger partial charge < -0.3 is 15.5 Å². The summed E-state index contributed by atoms with van der Waals surface area (Å²) in [5.41, 5.74) is 0.919. The van der Waals surface area contributed by atoms with Crippen LogP contribution in [0.4, 0.5) is 24.9 Å². The maximum absolute atomic E-state index is 13.6. The van der Waals surface area contributed by atoms with E-state index in [2.05, 4.69) is 20.6 Å². The fraction of sp³-hybridized carbons (Fsp3) is 0.421. The molecule has 156 valence electrons. The molecule has 0 bridgehead atoms. The predicted octanol–water partition coefficient (Wildman–Crippen LogP) is 3.64. The summed E-state index contributed by atoms with van der Waals surface area (Å²) in [5, 5.41) is 5.51. The van der Waals surface area contributed by atoms with Crippen molar-refractivity contribution in [2.75, 3.05) is 23.8 Å². The quantitative estimate of drug-likeness (QED) is 0.713. The zero-order valence-electron chi connectivity index (χ0n) is 15.7. The number of aromatic nitrogens is 2. The number of halogens is 4. The van der Waals surface area contributed by atoms with E-state index in [1.54, 1.807) is 7.05 Å². The molecule has 0 saturated carbocycles. The van der Waals surface area contributed by atoms with Gasteiger partial charge in [-0.25, -0.2) is 4.98 Å². The van der Waals surface area contributed by atoms with Crippen LogP contribution in [-0.2, 0) is 11.3 Å².